The van der Waals surface area contributed by atoms with Gasteiger partial charge in [0.15, 0.2) is 0 Å². The molecule has 6 rings (SSSR count). The van der Waals surface area contributed by atoms with Gasteiger partial charge in [0.05, 0.1) is 11.4 Å². The Morgan fingerprint density at radius 1 is 0.629 bits per heavy atom. The van der Waals surface area contributed by atoms with Gasteiger partial charge in [0.1, 0.15) is 11.5 Å². The molecule has 0 spiro atoms. The third-order valence-corrected chi connectivity index (χ3v) is 6.22. The van der Waals surface area contributed by atoms with Crippen molar-refractivity contribution in [2.45, 2.75) is 0 Å². The molecule has 0 bridgehead atoms. The SMILES string of the molecule is O=C(C1=C(c2ccccc2)C=C(c2ccccc2)N=C2C=Cc3ccccc3N21)c1ccccc1. The summed E-state index contributed by atoms with van der Waals surface area (Å²) in [6, 6.07) is 37.8. The summed E-state index contributed by atoms with van der Waals surface area (Å²) >= 11 is 0. The van der Waals surface area contributed by atoms with Crippen molar-refractivity contribution in [3.63, 3.8) is 0 Å². The first kappa shape index (κ1) is 20.8. The molecule has 0 radical (unpaired) electrons. The van der Waals surface area contributed by atoms with E-state index in [0.29, 0.717) is 17.1 Å². The number of carbonyl (C=O) groups is 1. The van der Waals surface area contributed by atoms with Gasteiger partial charge in [-0.05, 0) is 35.4 Å². The van der Waals surface area contributed by atoms with Crippen LogP contribution in [0.25, 0.3) is 17.3 Å². The minimum atomic E-state index is -0.0483. The molecule has 0 aliphatic carbocycles. The summed E-state index contributed by atoms with van der Waals surface area (Å²) in [5.41, 5.74) is 6.80. The Morgan fingerprint density at radius 3 is 1.94 bits per heavy atom. The van der Waals surface area contributed by atoms with Crippen molar-refractivity contribution >= 4 is 34.7 Å². The molecule has 0 saturated heterocycles. The molecular weight excluding hydrogens is 428 g/mol. The van der Waals surface area contributed by atoms with Gasteiger partial charge in [-0.25, -0.2) is 4.99 Å². The molecule has 35 heavy (non-hydrogen) atoms. The van der Waals surface area contributed by atoms with E-state index in [0.717, 1.165) is 33.6 Å². The highest BCUT2D eigenvalue weighted by atomic mass is 16.1. The Morgan fingerprint density at radius 2 is 1.23 bits per heavy atom. The first-order valence-electron chi connectivity index (χ1n) is 11.6. The zero-order chi connectivity index (χ0) is 23.6. The van der Waals surface area contributed by atoms with Crippen LogP contribution in [0, 0.1) is 0 Å². The fraction of sp³-hybridized carbons (Fsp3) is 0. The van der Waals surface area contributed by atoms with Gasteiger partial charge in [0.25, 0.3) is 0 Å². The zero-order valence-corrected chi connectivity index (χ0v) is 19.0. The molecule has 3 heteroatoms. The Labute approximate surface area is 204 Å². The van der Waals surface area contributed by atoms with Crippen LogP contribution in [0.15, 0.2) is 138 Å². The van der Waals surface area contributed by atoms with E-state index in [1.807, 2.05) is 126 Å². The van der Waals surface area contributed by atoms with Gasteiger partial charge >= 0.3 is 0 Å². The molecule has 2 aliphatic rings. The molecule has 0 fully saturated rings. The normalized spacial score (nSPS) is 14.5. The number of hydrogen-bond acceptors (Lipinski definition) is 3. The minimum absolute atomic E-state index is 0.0483. The Hall–Kier alpha value is -4.76. The van der Waals surface area contributed by atoms with Gasteiger partial charge in [-0.2, -0.15) is 0 Å². The van der Waals surface area contributed by atoms with Crippen molar-refractivity contribution in [3.05, 3.63) is 155 Å². The van der Waals surface area contributed by atoms with Crippen LogP contribution in [-0.2, 0) is 0 Å². The lowest BCUT2D eigenvalue weighted by Crippen LogP contribution is -2.35. The predicted molar refractivity (Wildman–Crippen MR) is 144 cm³/mol. The highest BCUT2D eigenvalue weighted by Gasteiger charge is 2.32. The Balaban J connectivity index is 1.70. The van der Waals surface area contributed by atoms with Crippen molar-refractivity contribution in [1.29, 1.82) is 0 Å². The number of Topliss-reactive ketones (excluding diaryl/α,β-unsaturated/α-hetero) is 1. The molecule has 0 unspecified atom stereocenters. The average Bonchev–Trinajstić information content (AvgIpc) is 3.12. The van der Waals surface area contributed by atoms with Crippen molar-refractivity contribution < 1.29 is 4.79 Å². The summed E-state index contributed by atoms with van der Waals surface area (Å²) in [6.45, 7) is 0. The quantitative estimate of drug-likeness (QED) is 0.306. The molecule has 166 valence electrons. The number of amidine groups is 1. The number of anilines is 1. The molecule has 0 saturated carbocycles. The van der Waals surface area contributed by atoms with Crippen LogP contribution in [0.1, 0.15) is 27.0 Å². The third kappa shape index (κ3) is 3.83. The lowest BCUT2D eigenvalue weighted by Gasteiger charge is -2.31. The number of aliphatic imine (C=N–C) groups is 1. The number of hydrogen-bond donors (Lipinski definition) is 0. The van der Waals surface area contributed by atoms with E-state index in [2.05, 4.69) is 12.1 Å². The van der Waals surface area contributed by atoms with Crippen molar-refractivity contribution in [3.8, 4) is 0 Å². The molecule has 4 aromatic carbocycles. The Bertz CT molecular complexity index is 1530. The van der Waals surface area contributed by atoms with Crippen molar-refractivity contribution in [2.24, 2.45) is 4.99 Å². The summed E-state index contributed by atoms with van der Waals surface area (Å²) in [5, 5.41) is 0. The molecule has 0 atom stereocenters. The smallest absolute Gasteiger partial charge is 0.210 e. The summed E-state index contributed by atoms with van der Waals surface area (Å²) in [5.74, 6) is 0.664. The number of benzene rings is 4. The largest absolute Gasteiger partial charge is 0.290 e. The van der Waals surface area contributed by atoms with Gasteiger partial charge in [-0.15, -0.1) is 0 Å². The van der Waals surface area contributed by atoms with Crippen LogP contribution in [0.2, 0.25) is 0 Å². The van der Waals surface area contributed by atoms with E-state index in [4.69, 9.17) is 4.99 Å². The number of allylic oxidation sites excluding steroid dienone is 3. The standard InChI is InChI=1S/C32H22N2O/c35-32(26-17-8-3-9-18-26)31-27(23-12-4-1-5-13-23)22-28(24-14-6-2-7-15-24)33-30-21-20-25-16-10-11-19-29(25)34(30)31/h1-22H. The van der Waals surface area contributed by atoms with E-state index in [1.165, 1.54) is 0 Å². The molecule has 0 aromatic heterocycles. The summed E-state index contributed by atoms with van der Waals surface area (Å²) < 4.78 is 0. The topological polar surface area (TPSA) is 32.7 Å². The predicted octanol–water partition coefficient (Wildman–Crippen LogP) is 7.27. The third-order valence-electron chi connectivity index (χ3n) is 6.22. The van der Waals surface area contributed by atoms with Crippen LogP contribution >= 0.6 is 0 Å². The molecule has 0 N–H and O–H groups in total. The summed E-state index contributed by atoms with van der Waals surface area (Å²) in [7, 11) is 0. The number of rotatable bonds is 4. The monoisotopic (exact) mass is 450 g/mol. The number of para-hydroxylation sites is 1. The lowest BCUT2D eigenvalue weighted by atomic mass is 9.94. The molecule has 2 heterocycles. The highest BCUT2D eigenvalue weighted by molar-refractivity contribution is 6.27. The maximum atomic E-state index is 14.2. The maximum Gasteiger partial charge on any atom is 0.210 e. The van der Waals surface area contributed by atoms with Crippen LogP contribution in [-0.4, -0.2) is 11.6 Å². The van der Waals surface area contributed by atoms with E-state index in [1.54, 1.807) is 0 Å². The van der Waals surface area contributed by atoms with Gasteiger partial charge in [-0.3, -0.25) is 9.69 Å². The average molecular weight is 451 g/mol. The summed E-state index contributed by atoms with van der Waals surface area (Å²) in [4.78, 5) is 21.3. The Kier molecular flexibility index (Phi) is 5.28. The van der Waals surface area contributed by atoms with Gasteiger partial charge in [0.2, 0.25) is 5.78 Å². The fourth-order valence-electron chi connectivity index (χ4n) is 4.54. The number of nitrogens with zero attached hydrogens (tertiary/aromatic N) is 2. The number of fused-ring (bicyclic) bond motifs is 3. The van der Waals surface area contributed by atoms with Crippen LogP contribution in [0.3, 0.4) is 0 Å². The molecular formula is C32H22N2O. The minimum Gasteiger partial charge on any atom is -0.290 e. The van der Waals surface area contributed by atoms with Gasteiger partial charge in [0, 0.05) is 16.7 Å². The second-order valence-corrected chi connectivity index (χ2v) is 8.42. The second-order valence-electron chi connectivity index (χ2n) is 8.42. The molecule has 3 nitrogen and oxygen atoms in total. The maximum absolute atomic E-state index is 14.2. The zero-order valence-electron chi connectivity index (χ0n) is 19.0. The fourth-order valence-corrected chi connectivity index (χ4v) is 4.54. The van der Waals surface area contributed by atoms with E-state index in [9.17, 15) is 4.79 Å². The highest BCUT2D eigenvalue weighted by Crippen LogP contribution is 2.39. The van der Waals surface area contributed by atoms with E-state index < -0.39 is 0 Å². The second kappa shape index (κ2) is 8.88. The van der Waals surface area contributed by atoms with Crippen LogP contribution < -0.4 is 4.90 Å². The van der Waals surface area contributed by atoms with Crippen molar-refractivity contribution in [2.75, 3.05) is 4.90 Å². The van der Waals surface area contributed by atoms with E-state index in [-0.39, 0.29) is 5.78 Å². The first-order chi connectivity index (χ1) is 17.3. The molecule has 0 amide bonds. The molecule has 4 aromatic rings. The number of carbonyl (C=O) groups excluding carboxylic acids is 1. The lowest BCUT2D eigenvalue weighted by molar-refractivity contribution is 0.103. The van der Waals surface area contributed by atoms with Crippen LogP contribution in [0.5, 0.6) is 0 Å². The molecule has 2 aliphatic heterocycles. The number of ketones is 1. The van der Waals surface area contributed by atoms with Gasteiger partial charge < -0.3 is 0 Å². The first-order valence-corrected chi connectivity index (χ1v) is 11.6. The van der Waals surface area contributed by atoms with Gasteiger partial charge in [-0.1, -0.05) is 109 Å². The van der Waals surface area contributed by atoms with Crippen molar-refractivity contribution in [1.82, 2.24) is 0 Å². The van der Waals surface area contributed by atoms with E-state index >= 15 is 0 Å². The van der Waals surface area contributed by atoms with Crippen LogP contribution in [0.4, 0.5) is 5.69 Å². The summed E-state index contributed by atoms with van der Waals surface area (Å²) in [6.07, 6.45) is 6.10.